The minimum atomic E-state index is -0.271. The predicted octanol–water partition coefficient (Wildman–Crippen LogP) is 17.2. The van der Waals surface area contributed by atoms with Crippen LogP contribution < -0.4 is 0 Å². The lowest BCUT2D eigenvalue weighted by molar-refractivity contribution is -0.151. The summed E-state index contributed by atoms with van der Waals surface area (Å²) in [5.74, 6) is -0.243. The Labute approximate surface area is 433 Å². The van der Waals surface area contributed by atoms with Crippen LogP contribution in [0, 0.1) is 0 Å². The van der Waals surface area contributed by atoms with E-state index < -0.39 is 0 Å². The molecule has 0 heterocycles. The SMILES string of the molecule is CCCCCCC(CCCCCC)OC(=O)CCCCCCCCC(CCCCCCCCC(=O)OC(CCCCCC)CCCCCC)OC(=O)N(CCCC(=O)OCCCCC)CCCN(C)C. The van der Waals surface area contributed by atoms with Crippen molar-refractivity contribution < 1.29 is 38.1 Å². The second-order valence-corrected chi connectivity index (χ2v) is 21.1. The van der Waals surface area contributed by atoms with Gasteiger partial charge >= 0.3 is 24.0 Å². The largest absolute Gasteiger partial charge is 0.466 e. The molecule has 0 fully saturated rings. The molecule has 0 N–H and O–H groups in total. The molecule has 0 aromatic heterocycles. The number of ether oxygens (including phenoxy) is 4. The van der Waals surface area contributed by atoms with Crippen LogP contribution >= 0.6 is 0 Å². The van der Waals surface area contributed by atoms with E-state index in [9.17, 15) is 19.2 Å². The van der Waals surface area contributed by atoms with Crippen molar-refractivity contribution in [1.29, 1.82) is 0 Å². The first-order chi connectivity index (χ1) is 34.1. The Morgan fingerprint density at radius 3 is 1.03 bits per heavy atom. The zero-order chi connectivity index (χ0) is 51.6. The van der Waals surface area contributed by atoms with Crippen LogP contribution in [0.3, 0.4) is 0 Å². The van der Waals surface area contributed by atoms with Gasteiger partial charge in [0, 0.05) is 32.4 Å². The normalized spacial score (nSPS) is 11.6. The Hall–Kier alpha value is -2.36. The molecule has 10 heteroatoms. The van der Waals surface area contributed by atoms with E-state index in [4.69, 9.17) is 18.9 Å². The number of hydrogen-bond acceptors (Lipinski definition) is 9. The zero-order valence-electron chi connectivity index (χ0n) is 47.4. The molecule has 0 aromatic carbocycles. The van der Waals surface area contributed by atoms with Gasteiger partial charge in [0.2, 0.25) is 0 Å². The van der Waals surface area contributed by atoms with Crippen molar-refractivity contribution in [3.63, 3.8) is 0 Å². The Kier molecular flexibility index (Phi) is 49.8. The third kappa shape index (κ3) is 45.5. The monoisotopic (exact) mass is 993 g/mol. The summed E-state index contributed by atoms with van der Waals surface area (Å²) in [4.78, 5) is 55.8. The van der Waals surface area contributed by atoms with E-state index in [0.717, 1.165) is 173 Å². The average molecular weight is 994 g/mol. The molecule has 0 bridgehead atoms. The predicted molar refractivity (Wildman–Crippen MR) is 293 cm³/mol. The topological polar surface area (TPSA) is 112 Å². The standard InChI is InChI=1S/C60H116N2O8/c1-8-13-18-30-41-54(42-31-19-14-9-2)68-58(64)47-36-28-24-22-26-34-45-56(70-60(66)62(52-40-50-61(6)7)51-39-49-57(63)67-53-38-17-12-5)46-35-27-23-25-29-37-48-59(65)69-55(43-32-20-15-10-3)44-33-21-16-11-4/h54-56H,8-53H2,1-7H3. The van der Waals surface area contributed by atoms with E-state index in [-0.39, 0.29) is 42.3 Å². The van der Waals surface area contributed by atoms with Gasteiger partial charge in [0.05, 0.1) is 6.61 Å². The minimum absolute atomic E-state index is 0.0243. The van der Waals surface area contributed by atoms with Gasteiger partial charge in [-0.05, 0) is 130 Å². The number of amides is 1. The summed E-state index contributed by atoms with van der Waals surface area (Å²) in [7, 11) is 4.08. The first-order valence-corrected chi connectivity index (χ1v) is 30.2. The third-order valence-corrected chi connectivity index (χ3v) is 13.8. The number of unbranched alkanes of at least 4 members (excludes halogenated alkanes) is 24. The van der Waals surface area contributed by atoms with Gasteiger partial charge in [-0.3, -0.25) is 14.4 Å². The van der Waals surface area contributed by atoms with Crippen LogP contribution in [0.4, 0.5) is 4.79 Å². The number of hydrogen-bond donors (Lipinski definition) is 0. The maximum absolute atomic E-state index is 13.8. The molecule has 0 atom stereocenters. The second kappa shape index (κ2) is 51.5. The molecule has 0 saturated carbocycles. The maximum atomic E-state index is 13.8. The molecular formula is C60H116N2O8. The second-order valence-electron chi connectivity index (χ2n) is 21.1. The summed E-state index contributed by atoms with van der Waals surface area (Å²) in [5.41, 5.74) is 0. The average Bonchev–Trinajstić information content (AvgIpc) is 3.33. The minimum Gasteiger partial charge on any atom is -0.466 e. The fraction of sp³-hybridized carbons (Fsp3) is 0.933. The summed E-state index contributed by atoms with van der Waals surface area (Å²) in [5, 5.41) is 0. The van der Waals surface area contributed by atoms with Crippen LogP contribution in [0.25, 0.3) is 0 Å². The summed E-state index contributed by atoms with van der Waals surface area (Å²) < 4.78 is 23.8. The molecule has 1 amide bonds. The van der Waals surface area contributed by atoms with Gasteiger partial charge < -0.3 is 28.7 Å². The molecule has 0 radical (unpaired) electrons. The van der Waals surface area contributed by atoms with E-state index in [2.05, 4.69) is 39.5 Å². The van der Waals surface area contributed by atoms with Gasteiger partial charge in [0.25, 0.3) is 0 Å². The summed E-state index contributed by atoms with van der Waals surface area (Å²) >= 11 is 0. The molecular weight excluding hydrogens is 877 g/mol. The van der Waals surface area contributed by atoms with E-state index >= 15 is 0 Å². The van der Waals surface area contributed by atoms with Crippen molar-refractivity contribution in [3.8, 4) is 0 Å². The Bertz CT molecular complexity index is 1100. The van der Waals surface area contributed by atoms with Crippen molar-refractivity contribution in [1.82, 2.24) is 9.80 Å². The molecule has 0 aliphatic heterocycles. The molecule has 414 valence electrons. The van der Waals surface area contributed by atoms with Crippen LogP contribution in [0.5, 0.6) is 0 Å². The zero-order valence-corrected chi connectivity index (χ0v) is 47.4. The van der Waals surface area contributed by atoms with E-state index in [0.29, 0.717) is 45.4 Å². The highest BCUT2D eigenvalue weighted by Crippen LogP contribution is 2.22. The fourth-order valence-electron chi connectivity index (χ4n) is 9.28. The lowest BCUT2D eigenvalue weighted by Crippen LogP contribution is -2.37. The quantitative estimate of drug-likeness (QED) is 0.0334. The molecule has 70 heavy (non-hydrogen) atoms. The number of carbonyl (C=O) groups is 4. The molecule has 0 unspecified atom stereocenters. The van der Waals surface area contributed by atoms with Gasteiger partial charge in [-0.25, -0.2) is 4.79 Å². The molecule has 0 aromatic rings. The van der Waals surface area contributed by atoms with E-state index in [1.165, 1.54) is 77.0 Å². The van der Waals surface area contributed by atoms with E-state index in [1.54, 1.807) is 4.90 Å². The Balaban J connectivity index is 5.16. The van der Waals surface area contributed by atoms with Gasteiger partial charge in [0.1, 0.15) is 18.3 Å². The van der Waals surface area contributed by atoms with Gasteiger partial charge in [0.15, 0.2) is 0 Å². The lowest BCUT2D eigenvalue weighted by Gasteiger charge is -2.26. The summed E-state index contributed by atoms with van der Waals surface area (Å²) in [6.07, 6.45) is 42.8. The van der Waals surface area contributed by atoms with Gasteiger partial charge in [-0.1, -0.05) is 176 Å². The fourth-order valence-corrected chi connectivity index (χ4v) is 9.28. The molecule has 10 nitrogen and oxygen atoms in total. The molecule has 0 saturated heterocycles. The van der Waals surface area contributed by atoms with Crippen molar-refractivity contribution in [2.75, 3.05) is 40.3 Å². The number of carbonyl (C=O) groups excluding carboxylic acids is 4. The number of nitrogens with zero attached hydrogens (tertiary/aromatic N) is 2. The smallest absolute Gasteiger partial charge is 0.410 e. The van der Waals surface area contributed by atoms with Crippen molar-refractivity contribution in [2.45, 2.75) is 323 Å². The van der Waals surface area contributed by atoms with Gasteiger partial charge in [-0.15, -0.1) is 0 Å². The van der Waals surface area contributed by atoms with Crippen molar-refractivity contribution >= 4 is 24.0 Å². The summed E-state index contributed by atoms with van der Waals surface area (Å²) in [6.45, 7) is 13.5. The van der Waals surface area contributed by atoms with Crippen LogP contribution in [0.2, 0.25) is 0 Å². The first kappa shape index (κ1) is 67.6. The Morgan fingerprint density at radius 1 is 0.329 bits per heavy atom. The van der Waals surface area contributed by atoms with Gasteiger partial charge in [-0.2, -0.15) is 0 Å². The lowest BCUT2D eigenvalue weighted by atomic mass is 10.0. The highest BCUT2D eigenvalue weighted by molar-refractivity contribution is 5.70. The molecule has 0 aliphatic carbocycles. The maximum Gasteiger partial charge on any atom is 0.410 e. The molecule has 0 rings (SSSR count). The summed E-state index contributed by atoms with van der Waals surface area (Å²) in [6, 6.07) is 0. The third-order valence-electron chi connectivity index (χ3n) is 13.8. The first-order valence-electron chi connectivity index (χ1n) is 30.2. The van der Waals surface area contributed by atoms with Crippen LogP contribution in [0.1, 0.15) is 304 Å². The van der Waals surface area contributed by atoms with Crippen molar-refractivity contribution in [3.05, 3.63) is 0 Å². The van der Waals surface area contributed by atoms with E-state index in [1.807, 2.05) is 14.1 Å². The van der Waals surface area contributed by atoms with Crippen molar-refractivity contribution in [2.24, 2.45) is 0 Å². The number of esters is 3. The Morgan fingerprint density at radius 2 is 0.643 bits per heavy atom. The van der Waals surface area contributed by atoms with Crippen LogP contribution in [0.15, 0.2) is 0 Å². The highest BCUT2D eigenvalue weighted by atomic mass is 16.6. The number of rotatable bonds is 53. The van der Waals surface area contributed by atoms with Crippen LogP contribution in [-0.2, 0) is 33.3 Å². The van der Waals surface area contributed by atoms with Crippen LogP contribution in [-0.4, -0.2) is 92.4 Å². The molecule has 0 aliphatic rings. The highest BCUT2D eigenvalue weighted by Gasteiger charge is 2.21. The molecule has 0 spiro atoms.